The minimum absolute atomic E-state index is 0.248. The highest BCUT2D eigenvalue weighted by molar-refractivity contribution is 5.82. The van der Waals surface area contributed by atoms with Crippen molar-refractivity contribution in [3.8, 4) is 0 Å². The van der Waals surface area contributed by atoms with E-state index in [1.54, 1.807) is 0 Å². The second kappa shape index (κ2) is 6.17. The molecule has 0 aliphatic heterocycles. The summed E-state index contributed by atoms with van der Waals surface area (Å²) in [5, 5.41) is 22.0. The quantitative estimate of drug-likeness (QED) is 0.358. The van der Waals surface area contributed by atoms with Gasteiger partial charge in [0.15, 0.2) is 6.04 Å². The third-order valence-corrected chi connectivity index (χ3v) is 1.46. The van der Waals surface area contributed by atoms with Crippen LogP contribution in [0.2, 0.25) is 0 Å². The average molecular weight is 205 g/mol. The van der Waals surface area contributed by atoms with Gasteiger partial charge < -0.3 is 26.6 Å². The van der Waals surface area contributed by atoms with Crippen molar-refractivity contribution in [1.82, 2.24) is 10.6 Å². The molecule has 0 aliphatic carbocycles. The Bertz CT molecular complexity index is 207. The summed E-state index contributed by atoms with van der Waals surface area (Å²) in [6, 6.07) is -1.98. The first-order valence-electron chi connectivity index (χ1n) is 4.14. The lowest BCUT2D eigenvalue weighted by atomic mass is 10.2. The first-order valence-corrected chi connectivity index (χ1v) is 4.14. The lowest BCUT2D eigenvalue weighted by Gasteiger charge is -2.17. The molecule has 0 rings (SSSR count). The molecule has 0 unspecified atom stereocenters. The van der Waals surface area contributed by atoms with Crippen LogP contribution in [-0.4, -0.2) is 47.4 Å². The van der Waals surface area contributed by atoms with E-state index in [1.807, 2.05) is 0 Å². The highest BCUT2D eigenvalue weighted by Crippen LogP contribution is 1.92. The molecule has 0 fully saturated rings. The number of carboxylic acid groups (broad SMARTS) is 1. The van der Waals surface area contributed by atoms with Crippen LogP contribution in [0, 0.1) is 0 Å². The summed E-state index contributed by atoms with van der Waals surface area (Å²) in [6.07, 6.45) is -1.16. The molecule has 0 bridgehead atoms. The SMILES string of the molecule is C[C@@H](O)[C@H](NC(=O)NCCN)C(=O)O. The fourth-order valence-electron chi connectivity index (χ4n) is 0.767. The van der Waals surface area contributed by atoms with Gasteiger partial charge in [-0.05, 0) is 6.92 Å². The molecule has 82 valence electrons. The van der Waals surface area contributed by atoms with Crippen molar-refractivity contribution < 1.29 is 19.8 Å². The summed E-state index contributed by atoms with van der Waals surface area (Å²) >= 11 is 0. The third-order valence-electron chi connectivity index (χ3n) is 1.46. The molecule has 0 aromatic rings. The van der Waals surface area contributed by atoms with Gasteiger partial charge in [-0.2, -0.15) is 0 Å². The van der Waals surface area contributed by atoms with Crippen molar-refractivity contribution in [2.75, 3.05) is 13.1 Å². The maximum atomic E-state index is 11.0. The molecule has 7 nitrogen and oxygen atoms in total. The van der Waals surface area contributed by atoms with Crippen molar-refractivity contribution >= 4 is 12.0 Å². The number of hydrogen-bond donors (Lipinski definition) is 5. The molecule has 0 saturated carbocycles. The molecule has 0 aliphatic rings. The number of aliphatic hydroxyl groups excluding tert-OH is 1. The van der Waals surface area contributed by atoms with Gasteiger partial charge in [0.2, 0.25) is 0 Å². The summed E-state index contributed by atoms with van der Waals surface area (Å²) in [7, 11) is 0. The van der Waals surface area contributed by atoms with Crippen LogP contribution in [-0.2, 0) is 4.79 Å². The van der Waals surface area contributed by atoms with E-state index in [9.17, 15) is 9.59 Å². The first-order chi connectivity index (χ1) is 6.49. The number of amides is 2. The average Bonchev–Trinajstić information content (AvgIpc) is 2.09. The topological polar surface area (TPSA) is 125 Å². The van der Waals surface area contributed by atoms with Crippen LogP contribution in [0.25, 0.3) is 0 Å². The van der Waals surface area contributed by atoms with Gasteiger partial charge in [-0.3, -0.25) is 0 Å². The van der Waals surface area contributed by atoms with Crippen LogP contribution in [0.1, 0.15) is 6.92 Å². The van der Waals surface area contributed by atoms with Gasteiger partial charge in [-0.1, -0.05) is 0 Å². The molecular weight excluding hydrogens is 190 g/mol. The van der Waals surface area contributed by atoms with E-state index in [4.69, 9.17) is 15.9 Å². The maximum Gasteiger partial charge on any atom is 0.328 e. The predicted octanol–water partition coefficient (Wildman–Crippen LogP) is -1.92. The van der Waals surface area contributed by atoms with Gasteiger partial charge >= 0.3 is 12.0 Å². The fraction of sp³-hybridized carbons (Fsp3) is 0.714. The number of carbonyl (C=O) groups is 2. The van der Waals surface area contributed by atoms with Crippen LogP contribution in [0.15, 0.2) is 0 Å². The Labute approximate surface area is 81.3 Å². The Morgan fingerprint density at radius 1 is 1.50 bits per heavy atom. The number of rotatable bonds is 5. The molecular formula is C7H15N3O4. The number of hydrogen-bond acceptors (Lipinski definition) is 4. The normalized spacial score (nSPS) is 14.2. The number of urea groups is 1. The van der Waals surface area contributed by atoms with Crippen LogP contribution in [0.5, 0.6) is 0 Å². The maximum absolute atomic E-state index is 11.0. The molecule has 0 aromatic carbocycles. The Morgan fingerprint density at radius 3 is 2.43 bits per heavy atom. The zero-order valence-electron chi connectivity index (χ0n) is 7.86. The fourth-order valence-corrected chi connectivity index (χ4v) is 0.767. The summed E-state index contributed by atoms with van der Waals surface area (Å²) in [5.74, 6) is -1.29. The second-order valence-electron chi connectivity index (χ2n) is 2.75. The Morgan fingerprint density at radius 2 is 2.07 bits per heavy atom. The number of carbonyl (C=O) groups excluding carboxylic acids is 1. The summed E-state index contributed by atoms with van der Waals surface area (Å²) < 4.78 is 0. The number of aliphatic carboxylic acids is 1. The molecule has 6 N–H and O–H groups in total. The Kier molecular flexibility index (Phi) is 5.58. The van der Waals surface area contributed by atoms with Gasteiger partial charge in [0.05, 0.1) is 6.10 Å². The second-order valence-corrected chi connectivity index (χ2v) is 2.75. The number of carboxylic acids is 1. The Hall–Kier alpha value is -1.34. The highest BCUT2D eigenvalue weighted by atomic mass is 16.4. The zero-order chi connectivity index (χ0) is 11.1. The molecule has 2 amide bonds. The summed E-state index contributed by atoms with van der Waals surface area (Å²) in [4.78, 5) is 21.5. The summed E-state index contributed by atoms with van der Waals surface area (Å²) in [6.45, 7) is 1.79. The van der Waals surface area contributed by atoms with E-state index in [0.29, 0.717) is 0 Å². The molecule has 14 heavy (non-hydrogen) atoms. The molecule has 0 heterocycles. The molecule has 0 aromatic heterocycles. The zero-order valence-corrected chi connectivity index (χ0v) is 7.86. The van der Waals surface area contributed by atoms with E-state index in [-0.39, 0.29) is 13.1 Å². The molecule has 0 radical (unpaired) electrons. The van der Waals surface area contributed by atoms with Crippen molar-refractivity contribution in [2.45, 2.75) is 19.1 Å². The minimum atomic E-state index is -1.31. The van der Waals surface area contributed by atoms with Crippen LogP contribution in [0.3, 0.4) is 0 Å². The predicted molar refractivity (Wildman–Crippen MR) is 48.7 cm³/mol. The molecule has 7 heteroatoms. The lowest BCUT2D eigenvalue weighted by molar-refractivity contribution is -0.141. The van der Waals surface area contributed by atoms with Crippen molar-refractivity contribution in [2.24, 2.45) is 5.73 Å². The molecule has 0 saturated heterocycles. The largest absolute Gasteiger partial charge is 0.480 e. The lowest BCUT2D eigenvalue weighted by Crippen LogP contribution is -2.51. The Balaban J connectivity index is 4.04. The van der Waals surface area contributed by atoms with Crippen molar-refractivity contribution in [3.63, 3.8) is 0 Å². The number of nitrogens with one attached hydrogen (secondary N) is 2. The van der Waals surface area contributed by atoms with Crippen LogP contribution in [0.4, 0.5) is 4.79 Å². The van der Waals surface area contributed by atoms with E-state index < -0.39 is 24.1 Å². The number of aliphatic hydroxyl groups is 1. The monoisotopic (exact) mass is 205 g/mol. The smallest absolute Gasteiger partial charge is 0.328 e. The van der Waals surface area contributed by atoms with E-state index in [1.165, 1.54) is 6.92 Å². The minimum Gasteiger partial charge on any atom is -0.480 e. The van der Waals surface area contributed by atoms with Crippen LogP contribution < -0.4 is 16.4 Å². The van der Waals surface area contributed by atoms with Gasteiger partial charge in [0.1, 0.15) is 0 Å². The van der Waals surface area contributed by atoms with Gasteiger partial charge in [0.25, 0.3) is 0 Å². The van der Waals surface area contributed by atoms with Crippen LogP contribution >= 0.6 is 0 Å². The summed E-state index contributed by atoms with van der Waals surface area (Å²) in [5.41, 5.74) is 5.12. The highest BCUT2D eigenvalue weighted by Gasteiger charge is 2.24. The first kappa shape index (κ1) is 12.7. The van der Waals surface area contributed by atoms with E-state index >= 15 is 0 Å². The van der Waals surface area contributed by atoms with Crippen molar-refractivity contribution in [1.29, 1.82) is 0 Å². The van der Waals surface area contributed by atoms with Gasteiger partial charge in [-0.15, -0.1) is 0 Å². The van der Waals surface area contributed by atoms with E-state index in [2.05, 4.69) is 10.6 Å². The third kappa shape index (κ3) is 4.63. The number of nitrogens with two attached hydrogens (primary N) is 1. The van der Waals surface area contributed by atoms with Gasteiger partial charge in [-0.25, -0.2) is 9.59 Å². The standard InChI is InChI=1S/C7H15N3O4/c1-4(11)5(6(12)13)10-7(14)9-3-2-8/h4-5,11H,2-3,8H2,1H3,(H,12,13)(H2,9,10,14)/t4-,5+/m1/s1. The van der Waals surface area contributed by atoms with Crippen molar-refractivity contribution in [3.05, 3.63) is 0 Å². The molecule has 0 spiro atoms. The van der Waals surface area contributed by atoms with Gasteiger partial charge in [0, 0.05) is 13.1 Å². The van der Waals surface area contributed by atoms with E-state index in [0.717, 1.165) is 0 Å². The molecule has 2 atom stereocenters.